The summed E-state index contributed by atoms with van der Waals surface area (Å²) in [5, 5.41) is 22.4. The summed E-state index contributed by atoms with van der Waals surface area (Å²) in [5.74, 6) is -1.45. The Balaban J connectivity index is 1.21. The third-order valence-electron chi connectivity index (χ3n) is 8.75. The van der Waals surface area contributed by atoms with E-state index in [1.807, 2.05) is 31.2 Å². The Kier molecular flexibility index (Phi) is 12.2. The van der Waals surface area contributed by atoms with Gasteiger partial charge in [-0.25, -0.2) is 4.98 Å². The SMILES string of the molecule is CCn1nc(C)cc1C(=O)Nc1nc2cc(C(N)=O)cc(OC)c2n1C/C=C/CNc1c(OC/C=C/CN2I=Cc3cc(N)ccc32)cc(C(N)=O)cc1[N+](=O)[O-]. The zero-order chi connectivity index (χ0) is 40.8. The molecule has 19 heteroatoms. The van der Waals surface area contributed by atoms with Crippen LogP contribution < -0.4 is 40.4 Å². The number of methoxy groups -OCH3 is 1. The number of nitro benzene ring substituents is 1. The number of fused-ring (bicyclic) bond motifs is 2. The lowest BCUT2D eigenvalue weighted by atomic mass is 10.1. The van der Waals surface area contributed by atoms with E-state index in [1.54, 1.807) is 40.5 Å². The topological polar surface area (TPSA) is 254 Å². The molecule has 0 saturated carbocycles. The predicted octanol–water partition coefficient (Wildman–Crippen LogP) is 4.67. The highest BCUT2D eigenvalue weighted by Crippen LogP contribution is 2.37. The molecule has 3 heterocycles. The second-order valence-electron chi connectivity index (χ2n) is 12.6. The number of aryl methyl sites for hydroxylation is 2. The van der Waals surface area contributed by atoms with Gasteiger partial charge >= 0.3 is 0 Å². The van der Waals surface area contributed by atoms with Gasteiger partial charge in [-0.3, -0.25) is 34.5 Å². The quantitative estimate of drug-likeness (QED) is 0.0213. The number of ether oxygens (including phenoxy) is 2. The van der Waals surface area contributed by atoms with Gasteiger partial charge in [0.2, 0.25) is 17.8 Å². The normalized spacial score (nSPS) is 12.2. The predicted molar refractivity (Wildman–Crippen MR) is 227 cm³/mol. The number of halogens is 1. The number of nitrogen functional groups attached to an aromatic ring is 1. The van der Waals surface area contributed by atoms with Crippen LogP contribution in [0.5, 0.6) is 11.5 Å². The molecule has 1 aliphatic rings. The number of allylic oxidation sites excluding steroid dienone is 1. The lowest BCUT2D eigenvalue weighted by Crippen LogP contribution is -2.20. The van der Waals surface area contributed by atoms with Crippen LogP contribution in [0.15, 0.2) is 72.8 Å². The summed E-state index contributed by atoms with van der Waals surface area (Å²) in [6, 6.07) is 12.9. The number of carbonyl (C=O) groups is 3. The fourth-order valence-electron chi connectivity index (χ4n) is 6.10. The number of imidazole rings is 1. The number of amides is 3. The van der Waals surface area contributed by atoms with Crippen LogP contribution in [0.3, 0.4) is 0 Å². The summed E-state index contributed by atoms with van der Waals surface area (Å²) in [6.07, 6.45) is 7.22. The van der Waals surface area contributed by atoms with Crippen LogP contribution in [0.4, 0.5) is 28.7 Å². The van der Waals surface area contributed by atoms with Crippen molar-refractivity contribution in [2.24, 2.45) is 11.5 Å². The van der Waals surface area contributed by atoms with Crippen LogP contribution in [-0.2, 0) is 13.1 Å². The molecular formula is C38H40IN11O7. The zero-order valence-electron chi connectivity index (χ0n) is 31.2. The van der Waals surface area contributed by atoms with Crippen molar-refractivity contribution < 1.29 is 28.8 Å². The first-order valence-electron chi connectivity index (χ1n) is 17.5. The van der Waals surface area contributed by atoms with Crippen LogP contribution in [-0.4, -0.2) is 72.8 Å². The number of primary amides is 2. The van der Waals surface area contributed by atoms with E-state index in [9.17, 15) is 24.5 Å². The van der Waals surface area contributed by atoms with Crippen molar-refractivity contribution in [1.82, 2.24) is 19.3 Å². The van der Waals surface area contributed by atoms with Crippen molar-refractivity contribution in [3.8, 4) is 11.5 Å². The zero-order valence-corrected chi connectivity index (χ0v) is 33.3. The van der Waals surface area contributed by atoms with Crippen molar-refractivity contribution in [2.45, 2.75) is 26.9 Å². The number of hydrogen-bond donors (Lipinski definition) is 5. The van der Waals surface area contributed by atoms with E-state index >= 15 is 0 Å². The molecule has 8 N–H and O–H groups in total. The summed E-state index contributed by atoms with van der Waals surface area (Å²) in [4.78, 5) is 53.8. The summed E-state index contributed by atoms with van der Waals surface area (Å²) < 4.78 is 19.3. The van der Waals surface area contributed by atoms with Gasteiger partial charge in [-0.1, -0.05) is 18.2 Å². The van der Waals surface area contributed by atoms with Gasteiger partial charge in [0.25, 0.3) is 11.6 Å². The molecule has 0 fully saturated rings. The number of nitro groups is 1. The Morgan fingerprint density at radius 3 is 2.44 bits per heavy atom. The van der Waals surface area contributed by atoms with E-state index < -0.39 is 28.3 Å². The summed E-state index contributed by atoms with van der Waals surface area (Å²) in [6.45, 7) is 5.07. The minimum absolute atomic E-state index is 0.0547. The molecule has 5 aromatic rings. The Bertz CT molecular complexity index is 2490. The highest BCUT2D eigenvalue weighted by atomic mass is 127. The first-order chi connectivity index (χ1) is 27.4. The number of nitrogens with one attached hydrogen (secondary N) is 2. The maximum Gasteiger partial charge on any atom is 0.296 e. The van der Waals surface area contributed by atoms with Crippen LogP contribution in [0.25, 0.3) is 11.0 Å². The van der Waals surface area contributed by atoms with Crippen molar-refractivity contribution in [2.75, 3.05) is 46.3 Å². The molecule has 1 aliphatic heterocycles. The van der Waals surface area contributed by atoms with Gasteiger partial charge < -0.3 is 39.7 Å². The molecule has 0 saturated heterocycles. The number of anilines is 4. The van der Waals surface area contributed by atoms with Crippen molar-refractivity contribution in [1.29, 1.82) is 0 Å². The van der Waals surface area contributed by atoms with Gasteiger partial charge in [0.15, 0.2) is 11.4 Å². The molecule has 18 nitrogen and oxygen atoms in total. The van der Waals surface area contributed by atoms with E-state index in [0.717, 1.165) is 17.3 Å². The van der Waals surface area contributed by atoms with Crippen LogP contribution in [0, 0.1) is 17.0 Å². The van der Waals surface area contributed by atoms with Gasteiger partial charge in [-0.15, -0.1) is 0 Å². The van der Waals surface area contributed by atoms with Crippen LogP contribution in [0.1, 0.15) is 49.4 Å². The second kappa shape index (κ2) is 17.4. The largest absolute Gasteiger partial charge is 0.494 e. The van der Waals surface area contributed by atoms with Crippen molar-refractivity contribution in [3.05, 3.63) is 111 Å². The maximum absolute atomic E-state index is 13.4. The van der Waals surface area contributed by atoms with Crippen LogP contribution in [0.2, 0.25) is 0 Å². The molecule has 296 valence electrons. The van der Waals surface area contributed by atoms with Gasteiger partial charge in [-0.2, -0.15) is 5.10 Å². The molecule has 3 aromatic carbocycles. The number of aromatic nitrogens is 4. The average molecular weight is 890 g/mol. The van der Waals surface area contributed by atoms with E-state index in [2.05, 4.69) is 27.8 Å². The summed E-state index contributed by atoms with van der Waals surface area (Å²) in [7, 11) is 1.44. The summed E-state index contributed by atoms with van der Waals surface area (Å²) >= 11 is -0.350. The van der Waals surface area contributed by atoms with Crippen LogP contribution >= 0.6 is 21.0 Å². The van der Waals surface area contributed by atoms with E-state index in [1.165, 1.54) is 25.3 Å². The lowest BCUT2D eigenvalue weighted by molar-refractivity contribution is -0.384. The van der Waals surface area contributed by atoms with E-state index in [-0.39, 0.29) is 69.2 Å². The smallest absolute Gasteiger partial charge is 0.296 e. The molecule has 0 atom stereocenters. The fraction of sp³-hybridized carbons (Fsp3) is 0.211. The van der Waals surface area contributed by atoms with Crippen molar-refractivity contribution in [3.63, 3.8) is 0 Å². The van der Waals surface area contributed by atoms with Gasteiger partial charge in [0, 0.05) is 75.6 Å². The Morgan fingerprint density at radius 2 is 1.72 bits per heavy atom. The Labute approximate surface area is 336 Å². The number of hydrogen-bond acceptors (Lipinski definition) is 12. The minimum atomic E-state index is -0.846. The number of benzene rings is 3. The molecule has 57 heavy (non-hydrogen) atoms. The Hall–Kier alpha value is -6.77. The number of nitrogens with two attached hydrogens (primary N) is 3. The molecule has 3 amide bonds. The highest BCUT2D eigenvalue weighted by Gasteiger charge is 2.24. The third-order valence-corrected chi connectivity index (χ3v) is 11.3. The lowest BCUT2D eigenvalue weighted by Gasteiger charge is -2.15. The number of carbonyl (C=O) groups excluding carboxylic acids is 3. The average Bonchev–Trinajstić information content (AvgIpc) is 3.87. The number of rotatable bonds is 17. The van der Waals surface area contributed by atoms with E-state index in [0.29, 0.717) is 46.9 Å². The molecule has 0 radical (unpaired) electrons. The van der Waals surface area contributed by atoms with E-state index in [4.69, 9.17) is 26.7 Å². The molecule has 0 spiro atoms. The molecule has 2 aromatic heterocycles. The van der Waals surface area contributed by atoms with Gasteiger partial charge in [-0.05, 0) is 66.4 Å². The first-order valence-corrected chi connectivity index (χ1v) is 19.8. The fourth-order valence-corrected chi connectivity index (χ4v) is 8.42. The van der Waals surface area contributed by atoms with Gasteiger partial charge in [0.05, 0.1) is 28.9 Å². The molecule has 6 rings (SSSR count). The maximum atomic E-state index is 13.4. The standard InChI is InChI=1S/C38H40IN11O7/c1-4-49-30(15-22(2)46-49)37(53)45-38-44-27-17-23(35(41)51)20-32(56-3)34(27)47(38)12-6-5-11-43-33-29(50(54)55)18-24(36(42)52)19-31(33)57-14-8-7-13-48-28-10-9-26(40)16-25(28)21-39-48/h5-10,15-21,43H,4,11-14,40H2,1-3H3,(H2,41,51)(H2,42,52)(H,44,45,53)/b6-5+,8-7+. The minimum Gasteiger partial charge on any atom is -0.494 e. The molecular weight excluding hydrogens is 849 g/mol. The molecule has 0 unspecified atom stereocenters. The molecule has 0 aliphatic carbocycles. The first kappa shape index (κ1) is 39.9. The third kappa shape index (κ3) is 8.88. The number of nitrogens with zero attached hydrogens (tertiary/aromatic N) is 6. The second-order valence-corrected chi connectivity index (χ2v) is 14.9. The van der Waals surface area contributed by atoms with Gasteiger partial charge in [0.1, 0.15) is 23.6 Å². The molecule has 0 bridgehead atoms. The monoisotopic (exact) mass is 889 g/mol. The van der Waals surface area contributed by atoms with Crippen molar-refractivity contribution >= 4 is 82.5 Å². The summed E-state index contributed by atoms with van der Waals surface area (Å²) in [5.41, 5.74) is 21.5. The Morgan fingerprint density at radius 1 is 0.982 bits per heavy atom. The highest BCUT2D eigenvalue weighted by molar-refractivity contribution is 14.2.